The number of hydrogen-bond donors (Lipinski definition) is 1. The number of alkyl halides is 3. The standard InChI is InChI=1S/C12H12F3N3/c13-12(14,15)7-11-17-5-6-18(11)8-9-3-1-2-4-10(9)16/h1-6H,7-8,16H2. The lowest BCUT2D eigenvalue weighted by molar-refractivity contribution is -0.128. The third-order valence-electron chi connectivity index (χ3n) is 2.56. The maximum Gasteiger partial charge on any atom is 0.396 e. The third-order valence-corrected chi connectivity index (χ3v) is 2.56. The Morgan fingerprint density at radius 2 is 1.94 bits per heavy atom. The van der Waals surface area contributed by atoms with Crippen molar-refractivity contribution in [2.75, 3.05) is 5.73 Å². The first kappa shape index (κ1) is 12.5. The average molecular weight is 255 g/mol. The molecule has 1 heterocycles. The normalized spacial score (nSPS) is 11.7. The Labute approximate surface area is 102 Å². The minimum atomic E-state index is -4.26. The minimum Gasteiger partial charge on any atom is -0.398 e. The lowest BCUT2D eigenvalue weighted by Gasteiger charge is -2.11. The predicted molar refractivity (Wildman–Crippen MR) is 61.9 cm³/mol. The highest BCUT2D eigenvalue weighted by molar-refractivity contribution is 5.46. The van der Waals surface area contributed by atoms with Crippen molar-refractivity contribution < 1.29 is 13.2 Å². The van der Waals surface area contributed by atoms with E-state index >= 15 is 0 Å². The van der Waals surface area contributed by atoms with Crippen LogP contribution in [0.2, 0.25) is 0 Å². The van der Waals surface area contributed by atoms with E-state index in [1.165, 1.54) is 17.0 Å². The van der Waals surface area contributed by atoms with Crippen molar-refractivity contribution in [1.82, 2.24) is 9.55 Å². The molecule has 3 nitrogen and oxygen atoms in total. The maximum atomic E-state index is 12.3. The van der Waals surface area contributed by atoms with Gasteiger partial charge in [0.2, 0.25) is 0 Å². The van der Waals surface area contributed by atoms with Crippen LogP contribution in [-0.4, -0.2) is 15.7 Å². The van der Waals surface area contributed by atoms with Crippen LogP contribution >= 0.6 is 0 Å². The van der Waals surface area contributed by atoms with Gasteiger partial charge in [-0.2, -0.15) is 13.2 Å². The molecular weight excluding hydrogens is 243 g/mol. The van der Waals surface area contributed by atoms with Crippen molar-refractivity contribution in [3.8, 4) is 0 Å². The molecule has 2 N–H and O–H groups in total. The summed E-state index contributed by atoms with van der Waals surface area (Å²) >= 11 is 0. The van der Waals surface area contributed by atoms with Gasteiger partial charge in [0, 0.05) is 18.1 Å². The summed E-state index contributed by atoms with van der Waals surface area (Å²) in [6.45, 7) is 0.290. The largest absolute Gasteiger partial charge is 0.398 e. The smallest absolute Gasteiger partial charge is 0.396 e. The van der Waals surface area contributed by atoms with Crippen LogP contribution in [0, 0.1) is 0 Å². The summed E-state index contributed by atoms with van der Waals surface area (Å²) in [5, 5.41) is 0. The van der Waals surface area contributed by atoms with Crippen LogP contribution in [-0.2, 0) is 13.0 Å². The zero-order valence-corrected chi connectivity index (χ0v) is 9.48. The second-order valence-electron chi connectivity index (χ2n) is 3.96. The van der Waals surface area contributed by atoms with Gasteiger partial charge in [-0.15, -0.1) is 0 Å². The lowest BCUT2D eigenvalue weighted by atomic mass is 10.2. The first-order chi connectivity index (χ1) is 8.46. The molecule has 1 aromatic heterocycles. The van der Waals surface area contributed by atoms with Crippen LogP contribution in [0.15, 0.2) is 36.7 Å². The number of rotatable bonds is 3. The molecule has 0 atom stereocenters. The van der Waals surface area contributed by atoms with Crippen LogP contribution in [0.3, 0.4) is 0 Å². The van der Waals surface area contributed by atoms with E-state index in [1.54, 1.807) is 24.3 Å². The fraction of sp³-hybridized carbons (Fsp3) is 0.250. The molecule has 2 rings (SSSR count). The predicted octanol–water partition coefficient (Wildman–Crippen LogP) is 2.62. The summed E-state index contributed by atoms with van der Waals surface area (Å²) in [7, 11) is 0. The van der Waals surface area contributed by atoms with E-state index in [0.29, 0.717) is 5.69 Å². The number of nitrogen functional groups attached to an aromatic ring is 1. The number of hydrogen-bond acceptors (Lipinski definition) is 2. The molecule has 1 aromatic carbocycles. The van der Waals surface area contributed by atoms with Crippen molar-refractivity contribution in [2.45, 2.75) is 19.1 Å². The summed E-state index contributed by atoms with van der Waals surface area (Å²) in [5.74, 6) is -0.00856. The van der Waals surface area contributed by atoms with Crippen molar-refractivity contribution in [1.29, 1.82) is 0 Å². The molecule has 0 saturated heterocycles. The Morgan fingerprint density at radius 1 is 1.22 bits per heavy atom. The van der Waals surface area contributed by atoms with Crippen LogP contribution in [0.4, 0.5) is 18.9 Å². The number of imidazole rings is 1. The molecule has 2 aromatic rings. The lowest BCUT2D eigenvalue weighted by Crippen LogP contribution is -2.16. The topological polar surface area (TPSA) is 43.8 Å². The number of benzene rings is 1. The zero-order valence-electron chi connectivity index (χ0n) is 9.48. The van der Waals surface area contributed by atoms with Crippen molar-refractivity contribution in [3.05, 3.63) is 48.0 Å². The molecule has 0 unspecified atom stereocenters. The summed E-state index contributed by atoms with van der Waals surface area (Å²) in [6.07, 6.45) is -2.41. The summed E-state index contributed by atoms with van der Waals surface area (Å²) in [6, 6.07) is 7.08. The van der Waals surface area contributed by atoms with Gasteiger partial charge >= 0.3 is 6.18 Å². The van der Waals surface area contributed by atoms with Gasteiger partial charge < -0.3 is 10.3 Å². The quantitative estimate of drug-likeness (QED) is 0.857. The fourth-order valence-electron chi connectivity index (χ4n) is 1.69. The van der Waals surface area contributed by atoms with Gasteiger partial charge in [-0.3, -0.25) is 0 Å². The Kier molecular flexibility index (Phi) is 3.27. The number of aromatic nitrogens is 2. The van der Waals surface area contributed by atoms with E-state index < -0.39 is 12.6 Å². The van der Waals surface area contributed by atoms with Crippen molar-refractivity contribution in [3.63, 3.8) is 0 Å². The van der Waals surface area contributed by atoms with Gasteiger partial charge in [-0.25, -0.2) is 4.98 Å². The zero-order chi connectivity index (χ0) is 13.2. The molecule has 0 fully saturated rings. The molecule has 0 aliphatic carbocycles. The van der Waals surface area contributed by atoms with Crippen LogP contribution < -0.4 is 5.73 Å². The highest BCUT2D eigenvalue weighted by Crippen LogP contribution is 2.21. The number of anilines is 1. The number of nitrogens with two attached hydrogens (primary N) is 1. The van der Waals surface area contributed by atoms with E-state index in [2.05, 4.69) is 4.98 Å². The first-order valence-corrected chi connectivity index (χ1v) is 5.36. The molecule has 0 amide bonds. The van der Waals surface area contributed by atoms with E-state index in [-0.39, 0.29) is 12.4 Å². The molecular formula is C12H12F3N3. The molecule has 96 valence electrons. The van der Waals surface area contributed by atoms with Crippen LogP contribution in [0.25, 0.3) is 0 Å². The summed E-state index contributed by atoms with van der Waals surface area (Å²) in [4.78, 5) is 3.73. The van der Waals surface area contributed by atoms with Gasteiger partial charge in [0.25, 0.3) is 0 Å². The van der Waals surface area contributed by atoms with E-state index in [1.807, 2.05) is 0 Å². The van der Waals surface area contributed by atoms with Gasteiger partial charge in [0.05, 0.1) is 6.54 Å². The van der Waals surface area contributed by atoms with Crippen LogP contribution in [0.1, 0.15) is 11.4 Å². The first-order valence-electron chi connectivity index (χ1n) is 5.36. The van der Waals surface area contributed by atoms with Crippen molar-refractivity contribution >= 4 is 5.69 Å². The molecule has 6 heteroatoms. The Bertz CT molecular complexity index is 531. The minimum absolute atomic E-state index is 0.00856. The average Bonchev–Trinajstić information content (AvgIpc) is 2.67. The molecule has 0 aliphatic rings. The van der Waals surface area contributed by atoms with Gasteiger partial charge in [0.1, 0.15) is 12.2 Å². The van der Waals surface area contributed by atoms with Gasteiger partial charge in [0.15, 0.2) is 0 Å². The Hall–Kier alpha value is -1.98. The monoisotopic (exact) mass is 255 g/mol. The summed E-state index contributed by atoms with van der Waals surface area (Å²) in [5.41, 5.74) is 7.09. The third kappa shape index (κ3) is 3.03. The second-order valence-corrected chi connectivity index (χ2v) is 3.96. The van der Waals surface area contributed by atoms with Gasteiger partial charge in [-0.05, 0) is 11.6 Å². The molecule has 0 spiro atoms. The number of nitrogens with zero attached hydrogens (tertiary/aromatic N) is 2. The number of para-hydroxylation sites is 1. The van der Waals surface area contributed by atoms with Gasteiger partial charge in [-0.1, -0.05) is 18.2 Å². The molecule has 0 radical (unpaired) electrons. The fourth-order valence-corrected chi connectivity index (χ4v) is 1.69. The molecule has 0 saturated carbocycles. The SMILES string of the molecule is Nc1ccccc1Cn1ccnc1CC(F)(F)F. The Morgan fingerprint density at radius 3 is 2.61 bits per heavy atom. The van der Waals surface area contributed by atoms with Crippen molar-refractivity contribution in [2.24, 2.45) is 0 Å². The van der Waals surface area contributed by atoms with E-state index in [9.17, 15) is 13.2 Å². The maximum absolute atomic E-state index is 12.3. The molecule has 18 heavy (non-hydrogen) atoms. The second kappa shape index (κ2) is 4.72. The van der Waals surface area contributed by atoms with E-state index in [4.69, 9.17) is 5.73 Å². The molecule has 0 bridgehead atoms. The Balaban J connectivity index is 2.21. The molecule has 0 aliphatic heterocycles. The highest BCUT2D eigenvalue weighted by atomic mass is 19.4. The van der Waals surface area contributed by atoms with E-state index in [0.717, 1.165) is 5.56 Å². The summed E-state index contributed by atoms with van der Waals surface area (Å²) < 4.78 is 38.5. The highest BCUT2D eigenvalue weighted by Gasteiger charge is 2.30. The number of halogens is 3. The van der Waals surface area contributed by atoms with Crippen LogP contribution in [0.5, 0.6) is 0 Å².